The number of benzene rings is 2. The van der Waals surface area contributed by atoms with E-state index in [4.69, 9.17) is 5.73 Å². The number of rotatable bonds is 3. The van der Waals surface area contributed by atoms with Crippen LogP contribution in [0.1, 0.15) is 6.92 Å². The Balaban J connectivity index is 2.20. The normalized spacial score (nSPS) is 10.7. The van der Waals surface area contributed by atoms with Gasteiger partial charge in [0.05, 0.1) is 17.6 Å². The lowest BCUT2D eigenvalue weighted by Crippen LogP contribution is -2.17. The molecule has 3 nitrogen and oxygen atoms in total. The predicted octanol–water partition coefficient (Wildman–Crippen LogP) is 3.98. The predicted molar refractivity (Wildman–Crippen MR) is 85.3 cm³/mol. The van der Waals surface area contributed by atoms with Crippen molar-refractivity contribution in [3.63, 3.8) is 0 Å². The molecule has 0 aliphatic carbocycles. The van der Waals surface area contributed by atoms with Gasteiger partial charge in [0, 0.05) is 23.8 Å². The largest absolute Gasteiger partial charge is 0.396 e. The highest BCUT2D eigenvalue weighted by molar-refractivity contribution is 5.97. The highest BCUT2D eigenvalue weighted by atomic mass is 15.1. The van der Waals surface area contributed by atoms with Crippen molar-refractivity contribution >= 4 is 27.8 Å². The zero-order valence-corrected chi connectivity index (χ0v) is 11.5. The minimum absolute atomic E-state index is 0.697. The van der Waals surface area contributed by atoms with Crippen molar-refractivity contribution < 1.29 is 0 Å². The number of hydrogen-bond donors (Lipinski definition) is 1. The van der Waals surface area contributed by atoms with E-state index < -0.39 is 0 Å². The van der Waals surface area contributed by atoms with Crippen LogP contribution in [0.5, 0.6) is 0 Å². The summed E-state index contributed by atoms with van der Waals surface area (Å²) in [6.07, 6.45) is 3.47. The van der Waals surface area contributed by atoms with Crippen molar-refractivity contribution in [1.29, 1.82) is 0 Å². The lowest BCUT2D eigenvalue weighted by molar-refractivity contribution is 1.03. The van der Waals surface area contributed by atoms with Gasteiger partial charge in [-0.05, 0) is 24.4 Å². The van der Waals surface area contributed by atoms with Crippen LogP contribution in [-0.4, -0.2) is 11.5 Å². The van der Waals surface area contributed by atoms with Crippen LogP contribution in [0.3, 0.4) is 0 Å². The van der Waals surface area contributed by atoms with E-state index in [9.17, 15) is 0 Å². The van der Waals surface area contributed by atoms with Gasteiger partial charge in [0.15, 0.2) is 0 Å². The molecule has 3 heteroatoms. The Morgan fingerprint density at radius 1 is 1.00 bits per heavy atom. The summed E-state index contributed by atoms with van der Waals surface area (Å²) in [5.74, 6) is 0. The van der Waals surface area contributed by atoms with Crippen LogP contribution >= 0.6 is 0 Å². The van der Waals surface area contributed by atoms with Crippen LogP contribution in [0.4, 0.5) is 17.1 Å². The lowest BCUT2D eigenvalue weighted by Gasteiger charge is -2.26. The van der Waals surface area contributed by atoms with E-state index in [0.717, 1.165) is 12.2 Å². The van der Waals surface area contributed by atoms with Gasteiger partial charge in [0.1, 0.15) is 0 Å². The number of nitrogen functional groups attached to an aromatic ring is 1. The third-order valence-corrected chi connectivity index (χ3v) is 3.49. The van der Waals surface area contributed by atoms with Gasteiger partial charge in [0.2, 0.25) is 0 Å². The Bertz CT molecular complexity index is 732. The number of nitrogens with zero attached hydrogens (tertiary/aromatic N) is 2. The van der Waals surface area contributed by atoms with Gasteiger partial charge >= 0.3 is 0 Å². The molecule has 0 atom stereocenters. The molecule has 0 saturated heterocycles. The topological polar surface area (TPSA) is 42.2 Å². The Labute approximate surface area is 118 Å². The van der Waals surface area contributed by atoms with E-state index in [1.807, 2.05) is 6.07 Å². The highest BCUT2D eigenvalue weighted by Crippen LogP contribution is 2.34. The van der Waals surface area contributed by atoms with E-state index in [0.29, 0.717) is 5.69 Å². The number of pyridine rings is 1. The van der Waals surface area contributed by atoms with Crippen molar-refractivity contribution in [3.8, 4) is 0 Å². The van der Waals surface area contributed by atoms with Gasteiger partial charge in [-0.3, -0.25) is 4.98 Å². The minimum atomic E-state index is 0.697. The van der Waals surface area contributed by atoms with Gasteiger partial charge in [-0.15, -0.1) is 0 Å². The maximum atomic E-state index is 6.07. The fourth-order valence-electron chi connectivity index (χ4n) is 2.56. The second kappa shape index (κ2) is 5.21. The first-order valence-corrected chi connectivity index (χ1v) is 6.76. The molecule has 100 valence electrons. The molecule has 0 aliphatic rings. The van der Waals surface area contributed by atoms with Gasteiger partial charge in [-0.25, -0.2) is 0 Å². The van der Waals surface area contributed by atoms with Crippen molar-refractivity contribution in [2.24, 2.45) is 0 Å². The third-order valence-electron chi connectivity index (χ3n) is 3.49. The number of hydrogen-bond acceptors (Lipinski definition) is 3. The third kappa shape index (κ3) is 2.07. The van der Waals surface area contributed by atoms with Crippen LogP contribution in [0.2, 0.25) is 0 Å². The summed E-state index contributed by atoms with van der Waals surface area (Å²) in [5, 5.41) is 2.46. The molecule has 2 aromatic carbocycles. The summed E-state index contributed by atoms with van der Waals surface area (Å²) in [6, 6.07) is 16.7. The first kappa shape index (κ1) is 12.5. The standard InChI is InChI=1S/C17H17N3/c1-2-20(17-10-11-19-12-15(17)18)16-9-5-7-13-6-3-4-8-14(13)16/h3-12H,2,18H2,1H3. The summed E-state index contributed by atoms with van der Waals surface area (Å²) in [4.78, 5) is 6.29. The second-order valence-electron chi connectivity index (χ2n) is 4.68. The van der Waals surface area contributed by atoms with Crippen molar-refractivity contribution in [3.05, 3.63) is 60.9 Å². The Kier molecular flexibility index (Phi) is 3.25. The zero-order chi connectivity index (χ0) is 13.9. The smallest absolute Gasteiger partial charge is 0.0741 e. The summed E-state index contributed by atoms with van der Waals surface area (Å²) < 4.78 is 0. The second-order valence-corrected chi connectivity index (χ2v) is 4.68. The quantitative estimate of drug-likeness (QED) is 0.777. The number of fused-ring (bicyclic) bond motifs is 1. The van der Waals surface area contributed by atoms with Crippen molar-refractivity contribution in [2.75, 3.05) is 17.2 Å². The Morgan fingerprint density at radius 2 is 1.80 bits per heavy atom. The monoisotopic (exact) mass is 263 g/mol. The lowest BCUT2D eigenvalue weighted by atomic mass is 10.1. The molecule has 0 spiro atoms. The van der Waals surface area contributed by atoms with Gasteiger partial charge in [-0.2, -0.15) is 0 Å². The Hall–Kier alpha value is -2.55. The molecular weight excluding hydrogens is 246 g/mol. The molecule has 20 heavy (non-hydrogen) atoms. The van der Waals surface area contributed by atoms with Crippen molar-refractivity contribution in [2.45, 2.75) is 6.92 Å². The molecule has 0 aliphatic heterocycles. The van der Waals surface area contributed by atoms with Crippen LogP contribution in [0.15, 0.2) is 60.9 Å². The molecule has 2 N–H and O–H groups in total. The van der Waals surface area contributed by atoms with E-state index in [1.54, 1.807) is 12.4 Å². The van der Waals surface area contributed by atoms with E-state index in [1.165, 1.54) is 16.5 Å². The van der Waals surface area contributed by atoms with Crippen LogP contribution in [-0.2, 0) is 0 Å². The molecule has 0 radical (unpaired) electrons. The van der Waals surface area contributed by atoms with E-state index in [-0.39, 0.29) is 0 Å². The SMILES string of the molecule is CCN(c1ccncc1N)c1cccc2ccccc12. The van der Waals surface area contributed by atoms with Crippen LogP contribution in [0.25, 0.3) is 10.8 Å². The molecule has 0 unspecified atom stereocenters. The first-order chi connectivity index (χ1) is 9.81. The summed E-state index contributed by atoms with van der Waals surface area (Å²) in [6.45, 7) is 2.98. The van der Waals surface area contributed by atoms with Crippen LogP contribution < -0.4 is 10.6 Å². The average molecular weight is 263 g/mol. The van der Waals surface area contributed by atoms with E-state index >= 15 is 0 Å². The summed E-state index contributed by atoms with van der Waals surface area (Å²) in [5.41, 5.74) is 8.94. The molecule has 3 aromatic rings. The van der Waals surface area contributed by atoms with Gasteiger partial charge in [-0.1, -0.05) is 36.4 Å². The van der Waals surface area contributed by atoms with E-state index in [2.05, 4.69) is 59.3 Å². The number of nitrogens with two attached hydrogens (primary N) is 1. The number of anilines is 3. The average Bonchev–Trinajstić information content (AvgIpc) is 2.50. The van der Waals surface area contributed by atoms with Crippen molar-refractivity contribution in [1.82, 2.24) is 4.98 Å². The molecule has 0 fully saturated rings. The fourth-order valence-corrected chi connectivity index (χ4v) is 2.56. The summed E-state index contributed by atoms with van der Waals surface area (Å²) >= 11 is 0. The highest BCUT2D eigenvalue weighted by Gasteiger charge is 2.12. The Morgan fingerprint density at radius 3 is 2.60 bits per heavy atom. The molecule has 0 amide bonds. The molecule has 0 saturated carbocycles. The van der Waals surface area contributed by atoms with Gasteiger partial charge < -0.3 is 10.6 Å². The number of aromatic nitrogens is 1. The maximum Gasteiger partial charge on any atom is 0.0741 e. The first-order valence-electron chi connectivity index (χ1n) is 6.76. The summed E-state index contributed by atoms with van der Waals surface area (Å²) in [7, 11) is 0. The van der Waals surface area contributed by atoms with Crippen LogP contribution in [0, 0.1) is 0 Å². The minimum Gasteiger partial charge on any atom is -0.396 e. The zero-order valence-electron chi connectivity index (χ0n) is 11.5. The van der Waals surface area contributed by atoms with Gasteiger partial charge in [0.25, 0.3) is 0 Å². The fraction of sp³-hybridized carbons (Fsp3) is 0.118. The molecule has 1 aromatic heterocycles. The molecule has 3 rings (SSSR count). The molecule has 1 heterocycles. The molecular formula is C17H17N3. The molecule has 0 bridgehead atoms. The maximum absolute atomic E-state index is 6.07.